The number of alkyl carbamates (subject to hydrolysis) is 2. The molecule has 6 heterocycles. The fraction of sp³-hybridized carbons (Fsp3) is 0.490. The van der Waals surface area contributed by atoms with Gasteiger partial charge in [0.15, 0.2) is 12.0 Å². The Hall–Kier alpha value is -6.78. The van der Waals surface area contributed by atoms with Crippen molar-refractivity contribution in [3.63, 3.8) is 0 Å². The lowest BCUT2D eigenvalue weighted by molar-refractivity contribution is -0.136. The number of benzene rings is 2. The topological polar surface area (TPSA) is 214 Å². The SMILES string of the molecule is COC(=O)N[C@H](C(=O)N1CCCC1c1ncc(-c2ccc(-c3ncc(-c4ccc5nc([C@@H]6CCCN6C(=O)[C@@H](NC(=O)OC)C(C)C)[nH]c5c4)c4c3CC3(CCCC3)C4)c3ncoc23)[nH]1)C(C)C. The Morgan fingerprint density at radius 2 is 1.37 bits per heavy atom. The molecule has 6 aromatic rings. The van der Waals surface area contributed by atoms with Gasteiger partial charge in [0.2, 0.25) is 11.8 Å². The number of amides is 4. The normalized spacial score (nSPS) is 19.6. The molecule has 4 amide bonds. The number of rotatable bonds is 11. The summed E-state index contributed by atoms with van der Waals surface area (Å²) in [5.74, 6) is 0.842. The monoisotopic (exact) mass is 924 g/mol. The maximum Gasteiger partial charge on any atom is 0.407 e. The van der Waals surface area contributed by atoms with E-state index in [2.05, 4.69) is 38.8 Å². The van der Waals surface area contributed by atoms with Crippen molar-refractivity contribution in [1.82, 2.24) is 50.3 Å². The van der Waals surface area contributed by atoms with Crippen molar-refractivity contribution in [2.75, 3.05) is 27.3 Å². The van der Waals surface area contributed by atoms with Crippen LogP contribution in [0.2, 0.25) is 0 Å². The van der Waals surface area contributed by atoms with Gasteiger partial charge in [0.05, 0.1) is 54.9 Å². The zero-order chi connectivity index (χ0) is 47.4. The molecule has 17 nitrogen and oxygen atoms in total. The van der Waals surface area contributed by atoms with E-state index in [9.17, 15) is 19.2 Å². The lowest BCUT2D eigenvalue weighted by Crippen LogP contribution is -2.51. The fourth-order valence-corrected chi connectivity index (χ4v) is 11.5. The number of pyridine rings is 1. The van der Waals surface area contributed by atoms with Crippen LogP contribution in [0.3, 0.4) is 0 Å². The molecule has 4 aliphatic rings. The average molecular weight is 925 g/mol. The highest BCUT2D eigenvalue weighted by molar-refractivity contribution is 5.99. The Labute approximate surface area is 394 Å². The molecule has 4 atom stereocenters. The van der Waals surface area contributed by atoms with Gasteiger partial charge in [-0.2, -0.15) is 0 Å². The third-order valence-electron chi connectivity index (χ3n) is 15.0. The maximum atomic E-state index is 13.9. The summed E-state index contributed by atoms with van der Waals surface area (Å²) in [4.78, 5) is 82.6. The van der Waals surface area contributed by atoms with E-state index in [4.69, 9.17) is 33.8 Å². The number of hydrogen-bond donors (Lipinski definition) is 4. The minimum Gasteiger partial charge on any atom is -0.453 e. The van der Waals surface area contributed by atoms with Crippen LogP contribution in [0, 0.1) is 17.3 Å². The van der Waals surface area contributed by atoms with Crippen molar-refractivity contribution in [2.45, 2.75) is 116 Å². The quantitative estimate of drug-likeness (QED) is 0.0966. The zero-order valence-electron chi connectivity index (χ0n) is 39.6. The Balaban J connectivity index is 0.951. The number of imidazole rings is 2. The van der Waals surface area contributed by atoms with E-state index in [-0.39, 0.29) is 41.1 Å². The Morgan fingerprint density at radius 1 is 0.735 bits per heavy atom. The van der Waals surface area contributed by atoms with E-state index in [1.165, 1.54) is 57.4 Å². The molecule has 2 aliphatic carbocycles. The Morgan fingerprint density at radius 3 is 2.01 bits per heavy atom. The number of H-pyrrole nitrogens is 2. The number of nitrogens with zero attached hydrogens (tertiary/aromatic N) is 6. The summed E-state index contributed by atoms with van der Waals surface area (Å²) in [6.07, 6.45) is 13.9. The van der Waals surface area contributed by atoms with Gasteiger partial charge < -0.3 is 44.3 Å². The van der Waals surface area contributed by atoms with Crippen molar-refractivity contribution in [1.29, 1.82) is 0 Å². The van der Waals surface area contributed by atoms with Crippen LogP contribution in [0.1, 0.15) is 114 Å². The number of aromatic nitrogens is 6. The summed E-state index contributed by atoms with van der Waals surface area (Å²) in [5.41, 5.74) is 11.3. The van der Waals surface area contributed by atoms with Gasteiger partial charge in [-0.3, -0.25) is 14.6 Å². The predicted octanol–water partition coefficient (Wildman–Crippen LogP) is 8.57. The molecule has 4 aromatic heterocycles. The molecule has 1 spiro atoms. The Bertz CT molecular complexity index is 2910. The second kappa shape index (κ2) is 18.0. The van der Waals surface area contributed by atoms with Crippen LogP contribution in [0.15, 0.2) is 53.5 Å². The molecule has 356 valence electrons. The summed E-state index contributed by atoms with van der Waals surface area (Å²) in [6, 6.07) is 8.51. The average Bonchev–Trinajstić information content (AvgIpc) is 4.19. The number of fused-ring (bicyclic) bond motifs is 3. The first-order valence-electron chi connectivity index (χ1n) is 24.1. The molecule has 10 rings (SSSR count). The first-order valence-corrected chi connectivity index (χ1v) is 24.1. The van der Waals surface area contributed by atoms with Crippen LogP contribution < -0.4 is 10.6 Å². The molecular formula is C51H60N10O7. The highest BCUT2D eigenvalue weighted by Gasteiger charge is 2.43. The third kappa shape index (κ3) is 8.02. The third-order valence-corrected chi connectivity index (χ3v) is 15.0. The summed E-state index contributed by atoms with van der Waals surface area (Å²) >= 11 is 0. The van der Waals surface area contributed by atoms with Gasteiger partial charge in [-0.1, -0.05) is 46.6 Å². The van der Waals surface area contributed by atoms with Crippen molar-refractivity contribution >= 4 is 46.1 Å². The highest BCUT2D eigenvalue weighted by Crippen LogP contribution is 2.53. The molecule has 2 aliphatic heterocycles. The van der Waals surface area contributed by atoms with Crippen molar-refractivity contribution in [3.8, 4) is 33.6 Å². The van der Waals surface area contributed by atoms with E-state index < -0.39 is 24.3 Å². The lowest BCUT2D eigenvalue weighted by Gasteiger charge is -2.30. The number of ether oxygens (including phenoxy) is 2. The summed E-state index contributed by atoms with van der Waals surface area (Å²) in [5, 5.41) is 5.46. The number of aromatic amines is 2. The highest BCUT2D eigenvalue weighted by atomic mass is 16.5. The molecule has 1 saturated carbocycles. The number of likely N-dealkylation sites (tertiary alicyclic amines) is 2. The first kappa shape index (κ1) is 45.0. The maximum absolute atomic E-state index is 13.9. The molecule has 4 N–H and O–H groups in total. The standard InChI is InChI=1S/C51H60N10O7/c1-27(2)40(58-49(64)66-5)47(62)60-19-9-11-38(60)45-53-25-37(57-45)30-14-15-31(43-44(30)68-26-54-43)42-33-23-51(17-7-8-18-51)22-32(33)34(24-52-42)29-13-16-35-36(21-29)56-46(55-35)39-12-10-20-61(39)48(63)41(28(3)4)59-50(65)67-6/h13-16,21,24-28,38-41H,7-12,17-20,22-23H2,1-6H3,(H,53,57)(H,55,56)(H,58,64)(H,59,65)/t38?,39-,40-,41-/m0/s1. The van der Waals surface area contributed by atoms with Crippen LogP contribution in [0.25, 0.3) is 55.8 Å². The summed E-state index contributed by atoms with van der Waals surface area (Å²) < 4.78 is 15.8. The van der Waals surface area contributed by atoms with Crippen LogP contribution in [-0.4, -0.2) is 103 Å². The number of nitrogens with one attached hydrogen (secondary N) is 4. The number of hydrogen-bond acceptors (Lipinski definition) is 11. The molecule has 1 unspecified atom stereocenters. The predicted molar refractivity (Wildman–Crippen MR) is 254 cm³/mol. The van der Waals surface area contributed by atoms with E-state index in [0.29, 0.717) is 30.0 Å². The molecular weight excluding hydrogens is 865 g/mol. The fourth-order valence-electron chi connectivity index (χ4n) is 11.5. The minimum atomic E-state index is -0.726. The number of carbonyl (C=O) groups excluding carboxylic acids is 4. The van der Waals surface area contributed by atoms with E-state index >= 15 is 0 Å². The van der Waals surface area contributed by atoms with E-state index in [1.807, 2.05) is 50.9 Å². The zero-order valence-corrected chi connectivity index (χ0v) is 39.6. The van der Waals surface area contributed by atoms with Crippen molar-refractivity contribution in [2.24, 2.45) is 17.3 Å². The van der Waals surface area contributed by atoms with Gasteiger partial charge >= 0.3 is 12.2 Å². The molecule has 17 heteroatoms. The van der Waals surface area contributed by atoms with E-state index in [0.717, 1.165) is 89.0 Å². The number of oxazole rings is 1. The summed E-state index contributed by atoms with van der Waals surface area (Å²) in [7, 11) is 2.59. The van der Waals surface area contributed by atoms with Gasteiger partial charge in [-0.15, -0.1) is 0 Å². The number of methoxy groups -OCH3 is 2. The largest absolute Gasteiger partial charge is 0.453 e. The van der Waals surface area contributed by atoms with Crippen molar-refractivity contribution < 1.29 is 33.1 Å². The first-order chi connectivity index (χ1) is 32.9. The molecule has 2 saturated heterocycles. The van der Waals surface area contributed by atoms with Crippen LogP contribution in [0.5, 0.6) is 0 Å². The lowest BCUT2D eigenvalue weighted by atomic mass is 9.82. The van der Waals surface area contributed by atoms with Gasteiger partial charge in [0, 0.05) is 36.0 Å². The van der Waals surface area contributed by atoms with Crippen LogP contribution in [-0.2, 0) is 31.9 Å². The molecule has 2 aromatic carbocycles. The second-order valence-electron chi connectivity index (χ2n) is 19.9. The molecule has 0 radical (unpaired) electrons. The number of carbonyl (C=O) groups is 4. The second-order valence-corrected chi connectivity index (χ2v) is 19.9. The molecule has 0 bridgehead atoms. The minimum absolute atomic E-state index is 0.124. The smallest absolute Gasteiger partial charge is 0.407 e. The van der Waals surface area contributed by atoms with Crippen molar-refractivity contribution in [3.05, 3.63) is 71.9 Å². The Kier molecular flexibility index (Phi) is 11.9. The van der Waals surface area contributed by atoms with E-state index in [1.54, 1.807) is 11.1 Å². The van der Waals surface area contributed by atoms with Gasteiger partial charge in [-0.05, 0) is 110 Å². The summed E-state index contributed by atoms with van der Waals surface area (Å²) in [6.45, 7) is 8.77. The van der Waals surface area contributed by atoms with Gasteiger partial charge in [0.1, 0.15) is 29.2 Å². The molecule has 68 heavy (non-hydrogen) atoms. The van der Waals surface area contributed by atoms with Gasteiger partial charge in [0.25, 0.3) is 0 Å². The molecule has 3 fully saturated rings. The van der Waals surface area contributed by atoms with Crippen LogP contribution in [0.4, 0.5) is 9.59 Å². The van der Waals surface area contributed by atoms with Gasteiger partial charge in [-0.25, -0.2) is 24.5 Å². The van der Waals surface area contributed by atoms with Crippen LogP contribution >= 0.6 is 0 Å².